The van der Waals surface area contributed by atoms with Crippen molar-refractivity contribution in [3.05, 3.63) is 35.9 Å². The first-order valence-corrected chi connectivity index (χ1v) is 7.44. The van der Waals surface area contributed by atoms with Crippen molar-refractivity contribution in [3.63, 3.8) is 0 Å². The van der Waals surface area contributed by atoms with Gasteiger partial charge in [0, 0.05) is 6.54 Å². The summed E-state index contributed by atoms with van der Waals surface area (Å²) >= 11 is 0. The van der Waals surface area contributed by atoms with E-state index in [2.05, 4.69) is 5.32 Å². The van der Waals surface area contributed by atoms with Gasteiger partial charge in [-0.25, -0.2) is 4.79 Å². The third kappa shape index (κ3) is 4.29. The summed E-state index contributed by atoms with van der Waals surface area (Å²) in [6, 6.07) is 8.66. The summed E-state index contributed by atoms with van der Waals surface area (Å²) in [6.07, 6.45) is 2.03. The monoisotopic (exact) mass is 290 g/mol. The van der Waals surface area contributed by atoms with Gasteiger partial charge >= 0.3 is 5.97 Å². The van der Waals surface area contributed by atoms with Gasteiger partial charge in [-0.2, -0.15) is 0 Å². The van der Waals surface area contributed by atoms with Crippen molar-refractivity contribution >= 4 is 11.9 Å². The second kappa shape index (κ2) is 7.78. The molecule has 1 heterocycles. The minimum Gasteiger partial charge on any atom is -0.459 e. The first-order chi connectivity index (χ1) is 10.2. The molecule has 0 spiro atoms. The number of amides is 1. The molecule has 1 aliphatic heterocycles. The Kier molecular flexibility index (Phi) is 5.75. The number of hydrogen-bond donors (Lipinski definition) is 1. The summed E-state index contributed by atoms with van der Waals surface area (Å²) in [6.45, 7) is 4.08. The quantitative estimate of drug-likeness (QED) is 0.634. The van der Waals surface area contributed by atoms with Crippen LogP contribution in [0.3, 0.4) is 0 Å². The number of nitrogens with zero attached hydrogens (tertiary/aromatic N) is 1. The van der Waals surface area contributed by atoms with Crippen molar-refractivity contribution < 1.29 is 14.3 Å². The summed E-state index contributed by atoms with van der Waals surface area (Å²) in [7, 11) is 0. The summed E-state index contributed by atoms with van der Waals surface area (Å²) < 4.78 is 5.33. The summed E-state index contributed by atoms with van der Waals surface area (Å²) in [5.74, 6) is -0.732. The van der Waals surface area contributed by atoms with Crippen LogP contribution < -0.4 is 5.32 Å². The number of benzene rings is 1. The third-order valence-corrected chi connectivity index (χ3v) is 3.55. The molecular formula is C16H22N2O3. The molecule has 21 heavy (non-hydrogen) atoms. The van der Waals surface area contributed by atoms with Crippen LogP contribution in [0.25, 0.3) is 0 Å². The molecule has 1 saturated heterocycles. The number of carbonyl (C=O) groups excluding carboxylic acids is 2. The Morgan fingerprint density at radius 3 is 2.52 bits per heavy atom. The average molecular weight is 290 g/mol. The predicted octanol–water partition coefficient (Wildman–Crippen LogP) is 1.33. The van der Waals surface area contributed by atoms with E-state index in [-0.39, 0.29) is 12.5 Å². The van der Waals surface area contributed by atoms with E-state index in [1.54, 1.807) is 0 Å². The maximum absolute atomic E-state index is 12.3. The SMILES string of the molecule is CCNC(=O)C(C(=O)OCc1ccccc1)N1CCCC1. The lowest BCUT2D eigenvalue weighted by molar-refractivity contribution is -0.155. The van der Waals surface area contributed by atoms with E-state index in [0.29, 0.717) is 6.54 Å². The average Bonchev–Trinajstić information content (AvgIpc) is 3.00. The topological polar surface area (TPSA) is 58.6 Å². The van der Waals surface area contributed by atoms with Gasteiger partial charge < -0.3 is 10.1 Å². The number of nitrogens with one attached hydrogen (secondary N) is 1. The Morgan fingerprint density at radius 2 is 1.90 bits per heavy atom. The van der Waals surface area contributed by atoms with Crippen LogP contribution in [0.1, 0.15) is 25.3 Å². The van der Waals surface area contributed by atoms with Gasteiger partial charge in [0.2, 0.25) is 5.91 Å². The lowest BCUT2D eigenvalue weighted by Gasteiger charge is -2.24. The normalized spacial score (nSPS) is 16.4. The summed E-state index contributed by atoms with van der Waals surface area (Å²) in [5, 5.41) is 2.72. The Bertz CT molecular complexity index is 470. The Labute approximate surface area is 125 Å². The molecule has 5 nitrogen and oxygen atoms in total. The van der Waals surface area contributed by atoms with Crippen LogP contribution in [0.2, 0.25) is 0 Å². The molecule has 114 valence electrons. The fourth-order valence-electron chi connectivity index (χ4n) is 2.50. The molecule has 0 aromatic heterocycles. The first kappa shape index (κ1) is 15.5. The summed E-state index contributed by atoms with van der Waals surface area (Å²) in [5.41, 5.74) is 0.918. The Balaban J connectivity index is 1.98. The molecule has 1 amide bonds. The smallest absolute Gasteiger partial charge is 0.333 e. The molecule has 2 rings (SSSR count). The molecule has 1 N–H and O–H groups in total. The zero-order valence-electron chi connectivity index (χ0n) is 12.4. The van der Waals surface area contributed by atoms with Crippen molar-refractivity contribution in [2.45, 2.75) is 32.4 Å². The van der Waals surface area contributed by atoms with Crippen LogP contribution in [0.5, 0.6) is 0 Å². The van der Waals surface area contributed by atoms with Crippen molar-refractivity contribution in [1.82, 2.24) is 10.2 Å². The highest BCUT2D eigenvalue weighted by Gasteiger charge is 2.35. The maximum atomic E-state index is 12.3. The van der Waals surface area contributed by atoms with Crippen LogP contribution in [-0.2, 0) is 20.9 Å². The molecule has 0 aliphatic carbocycles. The molecule has 1 aliphatic rings. The maximum Gasteiger partial charge on any atom is 0.333 e. The number of ether oxygens (including phenoxy) is 1. The fourth-order valence-corrected chi connectivity index (χ4v) is 2.50. The largest absolute Gasteiger partial charge is 0.459 e. The number of rotatable bonds is 6. The van der Waals surface area contributed by atoms with Crippen molar-refractivity contribution in [3.8, 4) is 0 Å². The molecule has 5 heteroatoms. The number of likely N-dealkylation sites (N-methyl/N-ethyl adjacent to an activating group) is 1. The van der Waals surface area contributed by atoms with Gasteiger partial charge in [0.15, 0.2) is 6.04 Å². The Morgan fingerprint density at radius 1 is 1.24 bits per heavy atom. The molecule has 1 fully saturated rings. The molecule has 0 bridgehead atoms. The number of carbonyl (C=O) groups is 2. The Hall–Kier alpha value is -1.88. The van der Waals surface area contributed by atoms with Gasteiger partial charge in [0.1, 0.15) is 6.61 Å². The van der Waals surface area contributed by atoms with E-state index < -0.39 is 12.0 Å². The van der Waals surface area contributed by atoms with Gasteiger partial charge in [0.05, 0.1) is 0 Å². The number of likely N-dealkylation sites (tertiary alicyclic amines) is 1. The molecule has 1 aromatic rings. The highest BCUT2D eigenvalue weighted by atomic mass is 16.5. The lowest BCUT2D eigenvalue weighted by atomic mass is 10.2. The highest BCUT2D eigenvalue weighted by Crippen LogP contribution is 2.14. The van der Waals surface area contributed by atoms with Crippen LogP contribution >= 0.6 is 0 Å². The van der Waals surface area contributed by atoms with E-state index in [0.717, 1.165) is 31.5 Å². The minimum absolute atomic E-state index is 0.198. The van der Waals surface area contributed by atoms with E-state index in [1.807, 2.05) is 42.2 Å². The van der Waals surface area contributed by atoms with Gasteiger partial charge in [0.25, 0.3) is 0 Å². The molecular weight excluding hydrogens is 268 g/mol. The van der Waals surface area contributed by atoms with E-state index in [4.69, 9.17) is 4.74 Å². The van der Waals surface area contributed by atoms with Gasteiger partial charge in [-0.1, -0.05) is 30.3 Å². The van der Waals surface area contributed by atoms with Crippen LogP contribution in [-0.4, -0.2) is 42.5 Å². The number of esters is 1. The predicted molar refractivity (Wildman–Crippen MR) is 79.5 cm³/mol. The zero-order chi connectivity index (χ0) is 15.1. The molecule has 0 saturated carbocycles. The van der Waals surface area contributed by atoms with E-state index >= 15 is 0 Å². The van der Waals surface area contributed by atoms with Crippen LogP contribution in [0, 0.1) is 0 Å². The fraction of sp³-hybridized carbons (Fsp3) is 0.500. The summed E-state index contributed by atoms with van der Waals surface area (Å²) in [4.78, 5) is 26.3. The van der Waals surface area contributed by atoms with Crippen LogP contribution in [0.15, 0.2) is 30.3 Å². The molecule has 1 unspecified atom stereocenters. The standard InChI is InChI=1S/C16H22N2O3/c1-2-17-15(19)14(18-10-6-7-11-18)16(20)21-12-13-8-4-3-5-9-13/h3-5,8-9,14H,2,6-7,10-12H2,1H3,(H,17,19). The van der Waals surface area contributed by atoms with Crippen molar-refractivity contribution in [1.29, 1.82) is 0 Å². The zero-order valence-corrected chi connectivity index (χ0v) is 12.4. The molecule has 1 atom stereocenters. The molecule has 0 radical (unpaired) electrons. The number of hydrogen-bond acceptors (Lipinski definition) is 4. The first-order valence-electron chi connectivity index (χ1n) is 7.44. The second-order valence-electron chi connectivity index (χ2n) is 5.13. The van der Waals surface area contributed by atoms with Crippen LogP contribution in [0.4, 0.5) is 0 Å². The molecule has 1 aromatic carbocycles. The van der Waals surface area contributed by atoms with Crippen molar-refractivity contribution in [2.24, 2.45) is 0 Å². The highest BCUT2D eigenvalue weighted by molar-refractivity contribution is 6.02. The van der Waals surface area contributed by atoms with Gasteiger partial charge in [-0.15, -0.1) is 0 Å². The van der Waals surface area contributed by atoms with Crippen molar-refractivity contribution in [2.75, 3.05) is 19.6 Å². The third-order valence-electron chi connectivity index (χ3n) is 3.55. The minimum atomic E-state index is -0.823. The lowest BCUT2D eigenvalue weighted by Crippen LogP contribution is -2.51. The van der Waals surface area contributed by atoms with E-state index in [1.165, 1.54) is 0 Å². The van der Waals surface area contributed by atoms with Gasteiger partial charge in [-0.05, 0) is 38.4 Å². The van der Waals surface area contributed by atoms with E-state index in [9.17, 15) is 9.59 Å². The second-order valence-corrected chi connectivity index (χ2v) is 5.13. The van der Waals surface area contributed by atoms with Gasteiger partial charge in [-0.3, -0.25) is 9.69 Å².